The molecule has 116 valence electrons. The predicted octanol–water partition coefficient (Wildman–Crippen LogP) is 1.67. The zero-order valence-corrected chi connectivity index (χ0v) is 13.0. The lowest BCUT2D eigenvalue weighted by atomic mass is 10.3. The topological polar surface area (TPSA) is 93.8 Å². The van der Waals surface area contributed by atoms with E-state index in [1.54, 1.807) is 6.92 Å². The van der Waals surface area contributed by atoms with Crippen LogP contribution < -0.4 is 11.2 Å². The Morgan fingerprint density at radius 1 is 1.43 bits per heavy atom. The van der Waals surface area contributed by atoms with Gasteiger partial charge in [-0.25, -0.2) is 9.78 Å². The van der Waals surface area contributed by atoms with Gasteiger partial charge in [0.2, 0.25) is 5.89 Å². The fraction of sp³-hybridized carbons (Fsp3) is 0.200. The summed E-state index contributed by atoms with van der Waals surface area (Å²) in [6.45, 7) is 2.09. The lowest BCUT2D eigenvalue weighted by molar-refractivity contribution is 0.566. The molecule has 0 fully saturated rings. The highest BCUT2D eigenvalue weighted by Crippen LogP contribution is 2.23. The van der Waals surface area contributed by atoms with Crippen molar-refractivity contribution in [2.75, 3.05) is 0 Å². The standard InChI is InChI=1S/C15H12N4O3S/c1-2-18-7-10(6-16)14(20)19(15(18)21)8-11-9-22-13(17-11)12-4-3-5-23-12/h3-5,7,9H,2,8H2,1H3. The second-order valence-corrected chi connectivity index (χ2v) is 5.68. The van der Waals surface area contributed by atoms with Gasteiger partial charge in [0, 0.05) is 12.7 Å². The normalized spacial score (nSPS) is 10.6. The van der Waals surface area contributed by atoms with Gasteiger partial charge in [-0.2, -0.15) is 5.26 Å². The van der Waals surface area contributed by atoms with Gasteiger partial charge in [0.1, 0.15) is 17.9 Å². The molecule has 0 unspecified atom stereocenters. The Labute approximate surface area is 134 Å². The largest absolute Gasteiger partial charge is 0.443 e. The lowest BCUT2D eigenvalue weighted by Crippen LogP contribution is -2.41. The third-order valence-electron chi connectivity index (χ3n) is 3.30. The molecule has 0 saturated carbocycles. The Morgan fingerprint density at radius 2 is 2.26 bits per heavy atom. The monoisotopic (exact) mass is 328 g/mol. The van der Waals surface area contributed by atoms with E-state index < -0.39 is 11.2 Å². The molecule has 0 atom stereocenters. The van der Waals surface area contributed by atoms with Crippen molar-refractivity contribution in [2.45, 2.75) is 20.0 Å². The van der Waals surface area contributed by atoms with Crippen LogP contribution in [0, 0.1) is 11.3 Å². The van der Waals surface area contributed by atoms with Crippen LogP contribution in [0.25, 0.3) is 10.8 Å². The van der Waals surface area contributed by atoms with Crippen LogP contribution in [0.2, 0.25) is 0 Å². The molecular formula is C15H12N4O3S. The van der Waals surface area contributed by atoms with Gasteiger partial charge in [0.05, 0.1) is 17.1 Å². The minimum absolute atomic E-state index is 0.0396. The number of nitrogens with zero attached hydrogens (tertiary/aromatic N) is 4. The molecule has 0 aliphatic carbocycles. The van der Waals surface area contributed by atoms with Crippen LogP contribution in [0.3, 0.4) is 0 Å². The number of nitriles is 1. The number of rotatable bonds is 4. The van der Waals surface area contributed by atoms with E-state index in [9.17, 15) is 9.59 Å². The van der Waals surface area contributed by atoms with Crippen molar-refractivity contribution in [2.24, 2.45) is 0 Å². The molecule has 0 bridgehead atoms. The van der Waals surface area contributed by atoms with Crippen molar-refractivity contribution in [1.82, 2.24) is 14.1 Å². The first-order chi connectivity index (χ1) is 11.1. The predicted molar refractivity (Wildman–Crippen MR) is 84.3 cm³/mol. The highest BCUT2D eigenvalue weighted by atomic mass is 32.1. The van der Waals surface area contributed by atoms with Gasteiger partial charge >= 0.3 is 5.69 Å². The van der Waals surface area contributed by atoms with E-state index in [2.05, 4.69) is 4.98 Å². The number of aromatic nitrogens is 3. The summed E-state index contributed by atoms with van der Waals surface area (Å²) >= 11 is 1.48. The van der Waals surface area contributed by atoms with Crippen molar-refractivity contribution in [1.29, 1.82) is 5.26 Å². The molecule has 3 heterocycles. The molecule has 3 aromatic heterocycles. The first-order valence-electron chi connectivity index (χ1n) is 6.86. The Kier molecular flexibility index (Phi) is 3.95. The van der Waals surface area contributed by atoms with Gasteiger partial charge < -0.3 is 4.42 Å². The molecule has 0 saturated heterocycles. The Morgan fingerprint density at radius 3 is 2.91 bits per heavy atom. The number of hydrogen-bond acceptors (Lipinski definition) is 6. The molecule has 0 aromatic carbocycles. The molecule has 0 radical (unpaired) electrons. The fourth-order valence-electron chi connectivity index (χ4n) is 2.15. The van der Waals surface area contributed by atoms with Gasteiger partial charge in [-0.1, -0.05) is 6.07 Å². The van der Waals surface area contributed by atoms with Gasteiger partial charge in [-0.05, 0) is 18.4 Å². The Balaban J connectivity index is 2.02. The summed E-state index contributed by atoms with van der Waals surface area (Å²) < 4.78 is 7.70. The van der Waals surface area contributed by atoms with Crippen LogP contribution in [0.4, 0.5) is 0 Å². The number of oxazole rings is 1. The summed E-state index contributed by atoms with van der Waals surface area (Å²) in [5, 5.41) is 10.9. The van der Waals surface area contributed by atoms with Gasteiger partial charge in [0.25, 0.3) is 5.56 Å². The van der Waals surface area contributed by atoms with E-state index in [0.717, 1.165) is 9.44 Å². The van der Waals surface area contributed by atoms with Gasteiger partial charge in [0.15, 0.2) is 0 Å². The first kappa shape index (κ1) is 15.0. The Bertz CT molecular complexity index is 989. The van der Waals surface area contributed by atoms with Crippen molar-refractivity contribution in [3.8, 4) is 16.8 Å². The summed E-state index contributed by atoms with van der Waals surface area (Å²) in [7, 11) is 0. The van der Waals surface area contributed by atoms with E-state index >= 15 is 0 Å². The third kappa shape index (κ3) is 2.74. The van der Waals surface area contributed by atoms with Crippen LogP contribution in [0.5, 0.6) is 0 Å². The molecule has 3 aromatic rings. The molecular weight excluding hydrogens is 316 g/mol. The molecule has 0 aliphatic rings. The highest BCUT2D eigenvalue weighted by molar-refractivity contribution is 7.13. The van der Waals surface area contributed by atoms with E-state index in [1.807, 2.05) is 23.6 Å². The van der Waals surface area contributed by atoms with E-state index in [1.165, 1.54) is 28.4 Å². The van der Waals surface area contributed by atoms with E-state index in [-0.39, 0.29) is 12.1 Å². The van der Waals surface area contributed by atoms with Gasteiger partial charge in [-0.3, -0.25) is 13.9 Å². The molecule has 0 spiro atoms. The number of aryl methyl sites for hydroxylation is 1. The second-order valence-electron chi connectivity index (χ2n) is 4.74. The third-order valence-corrected chi connectivity index (χ3v) is 4.16. The zero-order chi connectivity index (χ0) is 16.4. The smallest absolute Gasteiger partial charge is 0.331 e. The molecule has 0 N–H and O–H groups in total. The summed E-state index contributed by atoms with van der Waals surface area (Å²) in [6, 6.07) is 5.56. The summed E-state index contributed by atoms with van der Waals surface area (Å²) in [5.41, 5.74) is -0.723. The zero-order valence-electron chi connectivity index (χ0n) is 12.2. The Hall–Kier alpha value is -2.92. The van der Waals surface area contributed by atoms with Crippen molar-refractivity contribution < 1.29 is 4.42 Å². The van der Waals surface area contributed by atoms with E-state index in [4.69, 9.17) is 9.68 Å². The molecule has 0 aliphatic heterocycles. The highest BCUT2D eigenvalue weighted by Gasteiger charge is 2.14. The molecule has 0 amide bonds. The van der Waals surface area contributed by atoms with Crippen LogP contribution in [-0.2, 0) is 13.1 Å². The molecule has 23 heavy (non-hydrogen) atoms. The van der Waals surface area contributed by atoms with Crippen LogP contribution in [0.1, 0.15) is 18.2 Å². The maximum atomic E-state index is 12.3. The lowest BCUT2D eigenvalue weighted by Gasteiger charge is -2.07. The van der Waals surface area contributed by atoms with Crippen LogP contribution in [-0.4, -0.2) is 14.1 Å². The van der Waals surface area contributed by atoms with Crippen molar-refractivity contribution >= 4 is 11.3 Å². The summed E-state index contributed by atoms with van der Waals surface area (Å²) in [6.07, 6.45) is 2.69. The maximum absolute atomic E-state index is 12.3. The minimum atomic E-state index is -0.622. The summed E-state index contributed by atoms with van der Waals surface area (Å²) in [4.78, 5) is 29.6. The number of thiophene rings is 1. The second kappa shape index (κ2) is 6.06. The molecule has 3 rings (SSSR count). The molecule has 7 nitrogen and oxygen atoms in total. The van der Waals surface area contributed by atoms with E-state index in [0.29, 0.717) is 18.1 Å². The number of hydrogen-bond donors (Lipinski definition) is 0. The fourth-order valence-corrected chi connectivity index (χ4v) is 2.81. The maximum Gasteiger partial charge on any atom is 0.331 e. The average Bonchev–Trinajstić information content (AvgIpc) is 3.23. The first-order valence-corrected chi connectivity index (χ1v) is 7.74. The minimum Gasteiger partial charge on any atom is -0.443 e. The van der Waals surface area contributed by atoms with Gasteiger partial charge in [-0.15, -0.1) is 11.3 Å². The SMILES string of the molecule is CCn1cc(C#N)c(=O)n(Cc2coc(-c3cccs3)n2)c1=O. The average molecular weight is 328 g/mol. The van der Waals surface area contributed by atoms with Crippen molar-refractivity contribution in [3.05, 3.63) is 62.1 Å². The van der Waals surface area contributed by atoms with Crippen LogP contribution >= 0.6 is 11.3 Å². The summed E-state index contributed by atoms with van der Waals surface area (Å²) in [5.74, 6) is 0.440. The quantitative estimate of drug-likeness (QED) is 0.726. The van der Waals surface area contributed by atoms with Crippen LogP contribution in [0.15, 0.2) is 44.0 Å². The van der Waals surface area contributed by atoms with Crippen molar-refractivity contribution in [3.63, 3.8) is 0 Å². The molecule has 8 heteroatoms.